The fourth-order valence-corrected chi connectivity index (χ4v) is 2.47. The molecule has 1 saturated heterocycles. The average Bonchev–Trinajstić information content (AvgIpc) is 3.09. The van der Waals surface area contributed by atoms with Gasteiger partial charge in [0.2, 0.25) is 0 Å². The van der Waals surface area contributed by atoms with Crippen LogP contribution in [-0.2, 0) is 4.74 Å². The summed E-state index contributed by atoms with van der Waals surface area (Å²) < 4.78 is 5.62. The van der Waals surface area contributed by atoms with Crippen LogP contribution in [0.1, 0.15) is 38.5 Å². The molecule has 1 atom stereocenters. The van der Waals surface area contributed by atoms with Gasteiger partial charge in [-0.1, -0.05) is 6.42 Å². The Bertz CT molecular complexity index is 182. The zero-order chi connectivity index (χ0) is 10.5. The summed E-state index contributed by atoms with van der Waals surface area (Å²) in [4.78, 5) is 2.66. The van der Waals surface area contributed by atoms with Gasteiger partial charge in [-0.25, -0.2) is 0 Å². The molecule has 1 aliphatic carbocycles. The highest BCUT2D eigenvalue weighted by Gasteiger charge is 2.35. The Balaban J connectivity index is 1.68. The van der Waals surface area contributed by atoms with E-state index in [2.05, 4.69) is 4.90 Å². The van der Waals surface area contributed by atoms with Gasteiger partial charge < -0.3 is 9.84 Å². The first-order valence-corrected chi connectivity index (χ1v) is 6.36. The number of ether oxygens (including phenoxy) is 1. The van der Waals surface area contributed by atoms with Gasteiger partial charge in [-0.05, 0) is 38.6 Å². The van der Waals surface area contributed by atoms with Crippen molar-refractivity contribution in [2.45, 2.75) is 50.6 Å². The second-order valence-corrected chi connectivity index (χ2v) is 4.77. The van der Waals surface area contributed by atoms with Crippen LogP contribution in [0.15, 0.2) is 0 Å². The Morgan fingerprint density at radius 2 is 2.07 bits per heavy atom. The summed E-state index contributed by atoms with van der Waals surface area (Å²) in [6, 6.07) is 1.53. The van der Waals surface area contributed by atoms with Gasteiger partial charge in [0.05, 0.1) is 6.61 Å². The molecule has 2 fully saturated rings. The van der Waals surface area contributed by atoms with E-state index in [9.17, 15) is 0 Å². The largest absolute Gasteiger partial charge is 0.396 e. The van der Waals surface area contributed by atoms with E-state index < -0.39 is 0 Å². The lowest BCUT2D eigenvalue weighted by atomic mass is 10.0. The second-order valence-electron chi connectivity index (χ2n) is 4.77. The first-order chi connectivity index (χ1) is 7.42. The predicted molar refractivity (Wildman–Crippen MR) is 59.9 cm³/mol. The fraction of sp³-hybridized carbons (Fsp3) is 1.00. The summed E-state index contributed by atoms with van der Waals surface area (Å²) in [5.74, 6) is 0. The Kier molecular flexibility index (Phi) is 4.42. The van der Waals surface area contributed by atoms with Crippen LogP contribution in [0.2, 0.25) is 0 Å². The lowest BCUT2D eigenvalue weighted by Gasteiger charge is -2.35. The maximum atomic E-state index is 8.66. The van der Waals surface area contributed by atoms with Crippen LogP contribution in [0.25, 0.3) is 0 Å². The number of aliphatic hydroxyl groups excluding tert-OH is 1. The molecule has 0 aromatic heterocycles. The van der Waals surface area contributed by atoms with Crippen molar-refractivity contribution in [1.82, 2.24) is 4.90 Å². The number of piperidine rings is 1. The van der Waals surface area contributed by atoms with Gasteiger partial charge >= 0.3 is 0 Å². The Hall–Kier alpha value is -0.120. The zero-order valence-electron chi connectivity index (χ0n) is 9.53. The number of hydrogen-bond acceptors (Lipinski definition) is 3. The van der Waals surface area contributed by atoms with Crippen molar-refractivity contribution in [2.75, 3.05) is 26.4 Å². The topological polar surface area (TPSA) is 32.7 Å². The monoisotopic (exact) mass is 213 g/mol. The molecule has 0 amide bonds. The Morgan fingerprint density at radius 1 is 1.20 bits per heavy atom. The van der Waals surface area contributed by atoms with Crippen molar-refractivity contribution in [3.8, 4) is 0 Å². The molecule has 3 heteroatoms. The van der Waals surface area contributed by atoms with E-state index in [1.807, 2.05) is 0 Å². The maximum Gasteiger partial charge on any atom is 0.0621 e. The number of likely N-dealkylation sites (tertiary alicyclic amines) is 1. The molecule has 1 aliphatic heterocycles. The Labute approximate surface area is 92.4 Å². The minimum atomic E-state index is 0.247. The van der Waals surface area contributed by atoms with Crippen LogP contribution in [-0.4, -0.2) is 48.5 Å². The molecule has 0 radical (unpaired) electrons. The third-order valence-corrected chi connectivity index (χ3v) is 3.45. The number of hydrogen-bond donors (Lipinski definition) is 1. The van der Waals surface area contributed by atoms with Crippen molar-refractivity contribution in [1.29, 1.82) is 0 Å². The molecule has 0 bridgehead atoms. The van der Waals surface area contributed by atoms with E-state index in [1.165, 1.54) is 38.6 Å². The van der Waals surface area contributed by atoms with E-state index in [4.69, 9.17) is 9.84 Å². The molecule has 15 heavy (non-hydrogen) atoms. The molecular weight excluding hydrogens is 190 g/mol. The third kappa shape index (κ3) is 3.44. The fourth-order valence-electron chi connectivity index (χ4n) is 2.47. The third-order valence-electron chi connectivity index (χ3n) is 3.45. The van der Waals surface area contributed by atoms with Crippen LogP contribution in [0.5, 0.6) is 0 Å². The smallest absolute Gasteiger partial charge is 0.0621 e. The predicted octanol–water partition coefficient (Wildman–Crippen LogP) is 1.40. The highest BCUT2D eigenvalue weighted by atomic mass is 16.5. The summed E-state index contributed by atoms with van der Waals surface area (Å²) in [5, 5.41) is 8.66. The molecule has 0 aromatic carbocycles. The van der Waals surface area contributed by atoms with E-state index in [0.717, 1.165) is 19.1 Å². The molecule has 88 valence electrons. The second kappa shape index (κ2) is 5.83. The number of nitrogens with zero attached hydrogens (tertiary/aromatic N) is 1. The summed E-state index contributed by atoms with van der Waals surface area (Å²) in [5.41, 5.74) is 0. The van der Waals surface area contributed by atoms with Crippen LogP contribution in [0.4, 0.5) is 0 Å². The molecule has 1 saturated carbocycles. The first kappa shape index (κ1) is 11.4. The molecule has 1 N–H and O–H groups in total. The summed E-state index contributed by atoms with van der Waals surface area (Å²) >= 11 is 0. The molecule has 1 unspecified atom stereocenters. The minimum absolute atomic E-state index is 0.247. The SMILES string of the molecule is OCCCOCC1CCCCN1C1CC1. The van der Waals surface area contributed by atoms with E-state index >= 15 is 0 Å². The van der Waals surface area contributed by atoms with Crippen LogP contribution in [0, 0.1) is 0 Å². The molecule has 0 spiro atoms. The van der Waals surface area contributed by atoms with E-state index in [-0.39, 0.29) is 6.61 Å². The van der Waals surface area contributed by atoms with Gasteiger partial charge in [0, 0.05) is 25.3 Å². The summed E-state index contributed by atoms with van der Waals surface area (Å²) in [6.07, 6.45) is 7.59. The van der Waals surface area contributed by atoms with Gasteiger partial charge in [-0.15, -0.1) is 0 Å². The summed E-state index contributed by atoms with van der Waals surface area (Å²) in [7, 11) is 0. The van der Waals surface area contributed by atoms with Crippen LogP contribution < -0.4 is 0 Å². The first-order valence-electron chi connectivity index (χ1n) is 6.36. The minimum Gasteiger partial charge on any atom is -0.396 e. The highest BCUT2D eigenvalue weighted by molar-refractivity contribution is 4.90. The lowest BCUT2D eigenvalue weighted by Crippen LogP contribution is -2.43. The molecular formula is C12H23NO2. The van der Waals surface area contributed by atoms with Crippen molar-refractivity contribution in [3.05, 3.63) is 0 Å². The van der Waals surface area contributed by atoms with Gasteiger partial charge in [0.15, 0.2) is 0 Å². The Morgan fingerprint density at radius 3 is 2.80 bits per heavy atom. The number of rotatable bonds is 6. The van der Waals surface area contributed by atoms with Crippen molar-refractivity contribution in [2.24, 2.45) is 0 Å². The molecule has 2 aliphatic rings. The van der Waals surface area contributed by atoms with E-state index in [1.54, 1.807) is 0 Å². The quantitative estimate of drug-likeness (QED) is 0.677. The molecule has 3 nitrogen and oxygen atoms in total. The maximum absolute atomic E-state index is 8.66. The molecule has 2 rings (SSSR count). The average molecular weight is 213 g/mol. The van der Waals surface area contributed by atoms with Gasteiger partial charge in [0.1, 0.15) is 0 Å². The van der Waals surface area contributed by atoms with Gasteiger partial charge in [0.25, 0.3) is 0 Å². The van der Waals surface area contributed by atoms with Gasteiger partial charge in [-0.2, -0.15) is 0 Å². The molecule has 0 aromatic rings. The van der Waals surface area contributed by atoms with Crippen LogP contribution in [0.3, 0.4) is 0 Å². The van der Waals surface area contributed by atoms with Crippen LogP contribution >= 0.6 is 0 Å². The zero-order valence-corrected chi connectivity index (χ0v) is 9.53. The molecule has 1 heterocycles. The highest BCUT2D eigenvalue weighted by Crippen LogP contribution is 2.32. The van der Waals surface area contributed by atoms with Crippen molar-refractivity contribution >= 4 is 0 Å². The van der Waals surface area contributed by atoms with Crippen molar-refractivity contribution < 1.29 is 9.84 Å². The van der Waals surface area contributed by atoms with Gasteiger partial charge in [-0.3, -0.25) is 4.90 Å². The lowest BCUT2D eigenvalue weighted by molar-refractivity contribution is 0.0312. The standard InChI is InChI=1S/C12H23NO2/c14-8-3-9-15-10-12-4-1-2-7-13(12)11-5-6-11/h11-12,14H,1-10H2. The summed E-state index contributed by atoms with van der Waals surface area (Å²) in [6.45, 7) is 3.11. The normalized spacial score (nSPS) is 28.2. The van der Waals surface area contributed by atoms with E-state index in [0.29, 0.717) is 12.6 Å². The van der Waals surface area contributed by atoms with Crippen molar-refractivity contribution in [3.63, 3.8) is 0 Å². The number of aliphatic hydroxyl groups is 1.